The van der Waals surface area contributed by atoms with E-state index in [1.54, 1.807) is 0 Å². The van der Waals surface area contributed by atoms with E-state index in [1.807, 2.05) is 48.5 Å². The second-order valence-corrected chi connectivity index (χ2v) is 6.28. The Morgan fingerprint density at radius 3 is 2.52 bits per heavy atom. The topological polar surface area (TPSA) is 35.6 Å². The van der Waals surface area contributed by atoms with Gasteiger partial charge in [0.05, 0.1) is 11.4 Å². The van der Waals surface area contributed by atoms with Gasteiger partial charge in [-0.1, -0.05) is 48.0 Å². The van der Waals surface area contributed by atoms with Gasteiger partial charge < -0.3 is 4.57 Å². The highest BCUT2D eigenvalue weighted by Gasteiger charge is 2.24. The van der Waals surface area contributed by atoms with E-state index in [0.717, 1.165) is 35.1 Å². The largest absolute Gasteiger partial charge is 0.340 e. The van der Waals surface area contributed by atoms with Crippen molar-refractivity contribution < 1.29 is 0 Å². The van der Waals surface area contributed by atoms with Gasteiger partial charge in [0.1, 0.15) is 0 Å². The Morgan fingerprint density at radius 2 is 1.68 bits per heavy atom. The van der Waals surface area contributed by atoms with Crippen molar-refractivity contribution in [1.82, 2.24) is 19.3 Å². The Hall–Kier alpha value is -2.56. The zero-order valence-corrected chi connectivity index (χ0v) is 14.7. The molecule has 0 radical (unpaired) electrons. The molecule has 5 rings (SSSR count). The Balaban J connectivity index is 0.00000157. The summed E-state index contributed by atoms with van der Waals surface area (Å²) in [5.41, 5.74) is 4.30. The van der Waals surface area contributed by atoms with Crippen LogP contribution >= 0.6 is 24.0 Å². The molecule has 1 aliphatic heterocycles. The lowest BCUT2D eigenvalue weighted by Crippen LogP contribution is -2.02. The highest BCUT2D eigenvalue weighted by molar-refractivity contribution is 6.30. The van der Waals surface area contributed by atoms with Crippen molar-refractivity contribution in [1.29, 1.82) is 0 Å². The van der Waals surface area contributed by atoms with Gasteiger partial charge in [-0.25, -0.2) is 0 Å². The molecule has 6 heteroatoms. The standard InChI is InChI=1S/C19H13ClN4.ClH/c20-15-9-8-14-12-23-10-4-7-16(23)19-22-21-18(24(19)17(14)11-15)13-5-2-1-3-6-13;/h1-11H,12H2;1H. The number of hydrogen-bond acceptors (Lipinski definition) is 2. The van der Waals surface area contributed by atoms with Gasteiger partial charge >= 0.3 is 0 Å². The van der Waals surface area contributed by atoms with E-state index in [2.05, 4.69) is 37.7 Å². The molecule has 4 nitrogen and oxygen atoms in total. The van der Waals surface area contributed by atoms with E-state index >= 15 is 0 Å². The van der Waals surface area contributed by atoms with Gasteiger partial charge in [-0.05, 0) is 29.8 Å². The third-order valence-electron chi connectivity index (χ3n) is 4.38. The maximum Gasteiger partial charge on any atom is 0.185 e. The Bertz CT molecular complexity index is 1050. The molecular weight excluding hydrogens is 355 g/mol. The summed E-state index contributed by atoms with van der Waals surface area (Å²) in [6.07, 6.45) is 2.07. The lowest BCUT2D eigenvalue weighted by molar-refractivity contribution is 0.816. The molecule has 0 spiro atoms. The molecule has 0 bridgehead atoms. The zero-order chi connectivity index (χ0) is 16.1. The van der Waals surface area contributed by atoms with Crippen LogP contribution in [0.5, 0.6) is 0 Å². The molecule has 2 aromatic carbocycles. The van der Waals surface area contributed by atoms with Crippen molar-refractivity contribution in [2.24, 2.45) is 0 Å². The molecule has 0 unspecified atom stereocenters. The van der Waals surface area contributed by atoms with Crippen LogP contribution in [0.25, 0.3) is 28.6 Å². The Labute approximate surface area is 156 Å². The first-order valence-electron chi connectivity index (χ1n) is 7.76. The van der Waals surface area contributed by atoms with Crippen molar-refractivity contribution in [3.05, 3.63) is 77.4 Å². The van der Waals surface area contributed by atoms with Crippen LogP contribution in [0.15, 0.2) is 66.9 Å². The number of aromatic nitrogens is 4. The summed E-state index contributed by atoms with van der Waals surface area (Å²) in [4.78, 5) is 0. The fourth-order valence-electron chi connectivity index (χ4n) is 3.27. The predicted molar refractivity (Wildman–Crippen MR) is 102 cm³/mol. The molecule has 0 saturated carbocycles. The Morgan fingerprint density at radius 1 is 0.880 bits per heavy atom. The van der Waals surface area contributed by atoms with Crippen LogP contribution in [-0.4, -0.2) is 19.3 Å². The minimum Gasteiger partial charge on any atom is -0.340 e. The monoisotopic (exact) mass is 368 g/mol. The summed E-state index contributed by atoms with van der Waals surface area (Å²) in [6.45, 7) is 0.784. The van der Waals surface area contributed by atoms with Gasteiger partial charge in [0.15, 0.2) is 11.6 Å². The molecule has 0 atom stereocenters. The highest BCUT2D eigenvalue weighted by atomic mass is 35.5. The van der Waals surface area contributed by atoms with E-state index in [4.69, 9.17) is 11.6 Å². The molecule has 0 fully saturated rings. The quantitative estimate of drug-likeness (QED) is 0.424. The summed E-state index contributed by atoms with van der Waals surface area (Å²) in [6, 6.07) is 20.2. The van der Waals surface area contributed by atoms with Crippen molar-refractivity contribution in [3.63, 3.8) is 0 Å². The third kappa shape index (κ3) is 2.46. The molecule has 2 aromatic heterocycles. The smallest absolute Gasteiger partial charge is 0.185 e. The first-order valence-corrected chi connectivity index (χ1v) is 8.14. The maximum atomic E-state index is 6.29. The fourth-order valence-corrected chi connectivity index (χ4v) is 3.44. The number of fused-ring (bicyclic) bond motifs is 5. The second-order valence-electron chi connectivity index (χ2n) is 5.84. The molecule has 0 saturated heterocycles. The lowest BCUT2D eigenvalue weighted by Gasteiger charge is -2.12. The van der Waals surface area contributed by atoms with E-state index in [1.165, 1.54) is 5.56 Å². The van der Waals surface area contributed by atoms with Crippen LogP contribution in [-0.2, 0) is 6.54 Å². The molecular formula is C19H14Cl2N4. The second kappa shape index (κ2) is 6.06. The molecule has 1 aliphatic rings. The summed E-state index contributed by atoms with van der Waals surface area (Å²) in [7, 11) is 0. The molecule has 25 heavy (non-hydrogen) atoms. The molecule has 4 aromatic rings. The van der Waals surface area contributed by atoms with E-state index in [0.29, 0.717) is 5.02 Å². The zero-order valence-electron chi connectivity index (χ0n) is 13.1. The fraction of sp³-hybridized carbons (Fsp3) is 0.0526. The van der Waals surface area contributed by atoms with Gasteiger partial charge in [0, 0.05) is 23.3 Å². The summed E-state index contributed by atoms with van der Waals surface area (Å²) < 4.78 is 4.30. The van der Waals surface area contributed by atoms with Crippen LogP contribution in [0.4, 0.5) is 0 Å². The summed E-state index contributed by atoms with van der Waals surface area (Å²) in [5, 5.41) is 9.66. The Kier molecular flexibility index (Phi) is 3.86. The van der Waals surface area contributed by atoms with E-state index < -0.39 is 0 Å². The number of nitrogens with zero attached hydrogens (tertiary/aromatic N) is 4. The van der Waals surface area contributed by atoms with Crippen molar-refractivity contribution >= 4 is 24.0 Å². The SMILES string of the molecule is Cl.Clc1ccc2c(c1)-n1c(-c3ccccc3)nnc1-c1cccn1C2. The van der Waals surface area contributed by atoms with Crippen LogP contribution in [0, 0.1) is 0 Å². The number of halogens is 2. The number of rotatable bonds is 1. The summed E-state index contributed by atoms with van der Waals surface area (Å²) >= 11 is 6.29. The molecule has 3 heterocycles. The number of benzene rings is 2. The van der Waals surface area contributed by atoms with Crippen molar-refractivity contribution in [2.75, 3.05) is 0 Å². The summed E-state index contributed by atoms with van der Waals surface area (Å²) in [5.74, 6) is 1.66. The van der Waals surface area contributed by atoms with Gasteiger partial charge in [-0.2, -0.15) is 0 Å². The molecule has 0 N–H and O–H groups in total. The molecule has 0 aliphatic carbocycles. The van der Waals surface area contributed by atoms with Crippen LogP contribution in [0.1, 0.15) is 5.56 Å². The van der Waals surface area contributed by atoms with Crippen molar-refractivity contribution in [3.8, 4) is 28.6 Å². The molecule has 0 amide bonds. The number of hydrogen-bond donors (Lipinski definition) is 0. The van der Waals surface area contributed by atoms with Gasteiger partial charge in [-0.15, -0.1) is 22.6 Å². The highest BCUT2D eigenvalue weighted by Crippen LogP contribution is 2.34. The van der Waals surface area contributed by atoms with Crippen LogP contribution in [0.3, 0.4) is 0 Å². The van der Waals surface area contributed by atoms with Gasteiger partial charge in [0.25, 0.3) is 0 Å². The predicted octanol–water partition coefficient (Wildman–Crippen LogP) is 4.84. The first-order chi connectivity index (χ1) is 11.8. The van der Waals surface area contributed by atoms with Crippen LogP contribution in [0.2, 0.25) is 5.02 Å². The minimum absolute atomic E-state index is 0. The van der Waals surface area contributed by atoms with Gasteiger partial charge in [-0.3, -0.25) is 4.57 Å². The van der Waals surface area contributed by atoms with Crippen molar-refractivity contribution in [2.45, 2.75) is 6.54 Å². The average molecular weight is 369 g/mol. The minimum atomic E-state index is 0. The normalized spacial score (nSPS) is 11.7. The van der Waals surface area contributed by atoms with Gasteiger partial charge in [0.2, 0.25) is 0 Å². The van der Waals surface area contributed by atoms with Crippen LogP contribution < -0.4 is 0 Å². The third-order valence-corrected chi connectivity index (χ3v) is 4.62. The first kappa shape index (κ1) is 15.9. The van der Waals surface area contributed by atoms with E-state index in [-0.39, 0.29) is 12.4 Å². The molecule has 124 valence electrons. The maximum absolute atomic E-state index is 6.29. The lowest BCUT2D eigenvalue weighted by atomic mass is 10.1. The van der Waals surface area contributed by atoms with E-state index in [9.17, 15) is 0 Å². The average Bonchev–Trinajstić information content (AvgIpc) is 3.21.